The smallest absolute Gasteiger partial charge is 0.0224 e. The molecule has 3 fully saturated rings. The van der Waals surface area contributed by atoms with E-state index in [9.17, 15) is 0 Å². The highest BCUT2D eigenvalue weighted by molar-refractivity contribution is 5.07. The molecule has 1 N–H and O–H groups in total. The summed E-state index contributed by atoms with van der Waals surface area (Å²) in [5.41, 5.74) is 0.597. The lowest BCUT2D eigenvalue weighted by molar-refractivity contribution is 0.111. The molecule has 2 saturated carbocycles. The van der Waals surface area contributed by atoms with Crippen molar-refractivity contribution in [3.63, 3.8) is 0 Å². The van der Waals surface area contributed by atoms with Gasteiger partial charge in [0, 0.05) is 31.2 Å². The van der Waals surface area contributed by atoms with E-state index in [0.717, 1.165) is 24.0 Å². The first-order valence-electron chi connectivity index (χ1n) is 6.57. The molecule has 2 aliphatic carbocycles. The molecule has 0 bridgehead atoms. The van der Waals surface area contributed by atoms with Gasteiger partial charge in [-0.05, 0) is 37.5 Å². The summed E-state index contributed by atoms with van der Waals surface area (Å²) in [5, 5.41) is 3.73. The van der Waals surface area contributed by atoms with Gasteiger partial charge in [0.1, 0.15) is 0 Å². The Morgan fingerprint density at radius 1 is 1.27 bits per heavy atom. The number of hydrogen-bond donors (Lipinski definition) is 1. The number of piperazine rings is 1. The molecule has 0 radical (unpaired) electrons. The monoisotopic (exact) mass is 208 g/mol. The molecule has 2 nitrogen and oxygen atoms in total. The van der Waals surface area contributed by atoms with Crippen LogP contribution in [-0.2, 0) is 0 Å². The minimum Gasteiger partial charge on any atom is -0.311 e. The van der Waals surface area contributed by atoms with Crippen LogP contribution >= 0.6 is 0 Å². The second-order valence-corrected chi connectivity index (χ2v) is 6.61. The maximum atomic E-state index is 3.73. The van der Waals surface area contributed by atoms with E-state index in [4.69, 9.17) is 0 Å². The molecule has 0 aromatic heterocycles. The highest BCUT2D eigenvalue weighted by Crippen LogP contribution is 2.50. The van der Waals surface area contributed by atoms with Crippen molar-refractivity contribution in [2.45, 2.75) is 58.2 Å². The molecule has 2 heteroatoms. The molecular formula is C13H24N2. The van der Waals surface area contributed by atoms with Crippen molar-refractivity contribution in [3.8, 4) is 0 Å². The Kier molecular flexibility index (Phi) is 2.16. The summed E-state index contributed by atoms with van der Waals surface area (Å²) < 4.78 is 0. The van der Waals surface area contributed by atoms with E-state index in [0.29, 0.717) is 5.41 Å². The van der Waals surface area contributed by atoms with Crippen molar-refractivity contribution in [2.24, 2.45) is 11.3 Å². The summed E-state index contributed by atoms with van der Waals surface area (Å²) in [6.07, 6.45) is 4.34. The Hall–Kier alpha value is -0.0800. The van der Waals surface area contributed by atoms with Crippen molar-refractivity contribution in [1.82, 2.24) is 10.2 Å². The molecule has 0 aromatic carbocycles. The van der Waals surface area contributed by atoms with Crippen LogP contribution in [0.1, 0.15) is 40.0 Å². The lowest BCUT2D eigenvalue weighted by atomic mass is 10.0. The molecular weight excluding hydrogens is 184 g/mol. The fourth-order valence-electron chi connectivity index (χ4n) is 3.17. The predicted molar refractivity (Wildman–Crippen MR) is 62.9 cm³/mol. The average molecular weight is 208 g/mol. The van der Waals surface area contributed by atoms with Gasteiger partial charge in [-0.1, -0.05) is 13.8 Å². The normalized spacial score (nSPS) is 45.4. The van der Waals surface area contributed by atoms with Crippen LogP contribution in [0.15, 0.2) is 0 Å². The van der Waals surface area contributed by atoms with Gasteiger partial charge in [0.2, 0.25) is 0 Å². The zero-order valence-electron chi connectivity index (χ0n) is 10.3. The van der Waals surface area contributed by atoms with Crippen molar-refractivity contribution in [2.75, 3.05) is 13.1 Å². The van der Waals surface area contributed by atoms with Gasteiger partial charge in [0.15, 0.2) is 0 Å². The van der Waals surface area contributed by atoms with Crippen LogP contribution in [0.2, 0.25) is 0 Å². The molecule has 3 atom stereocenters. The molecule has 0 spiro atoms. The Labute approximate surface area is 93.4 Å². The summed E-state index contributed by atoms with van der Waals surface area (Å²) >= 11 is 0. The highest BCUT2D eigenvalue weighted by Gasteiger charge is 2.52. The number of nitrogens with one attached hydrogen (secondary N) is 1. The predicted octanol–water partition coefficient (Wildman–Crippen LogP) is 1.86. The minimum absolute atomic E-state index is 0.597. The lowest BCUT2D eigenvalue weighted by Gasteiger charge is -2.40. The summed E-state index contributed by atoms with van der Waals surface area (Å²) in [4.78, 5) is 2.78. The molecule has 3 unspecified atom stereocenters. The first-order valence-corrected chi connectivity index (χ1v) is 6.57. The summed E-state index contributed by atoms with van der Waals surface area (Å²) in [6.45, 7) is 9.72. The minimum atomic E-state index is 0.597. The van der Waals surface area contributed by atoms with Gasteiger partial charge in [-0.2, -0.15) is 0 Å². The largest absolute Gasteiger partial charge is 0.311 e. The first-order chi connectivity index (χ1) is 7.08. The summed E-state index contributed by atoms with van der Waals surface area (Å²) in [6, 6.07) is 2.42. The zero-order valence-corrected chi connectivity index (χ0v) is 10.3. The average Bonchev–Trinajstić information content (AvgIpc) is 3.04. The van der Waals surface area contributed by atoms with E-state index in [1.165, 1.54) is 32.4 Å². The van der Waals surface area contributed by atoms with Crippen molar-refractivity contribution in [1.29, 1.82) is 0 Å². The number of nitrogens with zero attached hydrogens (tertiary/aromatic N) is 1. The topological polar surface area (TPSA) is 15.3 Å². The van der Waals surface area contributed by atoms with Crippen LogP contribution in [0.4, 0.5) is 0 Å². The van der Waals surface area contributed by atoms with E-state index < -0.39 is 0 Å². The molecule has 1 aliphatic heterocycles. The third kappa shape index (κ3) is 1.83. The second kappa shape index (κ2) is 3.21. The number of hydrogen-bond acceptors (Lipinski definition) is 2. The van der Waals surface area contributed by atoms with Crippen LogP contribution in [-0.4, -0.2) is 36.1 Å². The SMILES string of the molecule is CC1CNC(C2CC2)CN1C1CC1(C)C. The summed E-state index contributed by atoms with van der Waals surface area (Å²) in [7, 11) is 0. The van der Waals surface area contributed by atoms with Gasteiger partial charge in [0.05, 0.1) is 0 Å². The zero-order chi connectivity index (χ0) is 10.6. The third-order valence-electron chi connectivity index (χ3n) is 4.70. The van der Waals surface area contributed by atoms with Crippen LogP contribution in [0.25, 0.3) is 0 Å². The van der Waals surface area contributed by atoms with Crippen LogP contribution in [0, 0.1) is 11.3 Å². The van der Waals surface area contributed by atoms with E-state index in [1.807, 2.05) is 0 Å². The Morgan fingerprint density at radius 2 is 1.93 bits per heavy atom. The molecule has 15 heavy (non-hydrogen) atoms. The van der Waals surface area contributed by atoms with Crippen LogP contribution < -0.4 is 5.32 Å². The van der Waals surface area contributed by atoms with Crippen molar-refractivity contribution >= 4 is 0 Å². The maximum absolute atomic E-state index is 3.73. The Balaban J connectivity index is 1.65. The van der Waals surface area contributed by atoms with E-state index in [1.54, 1.807) is 0 Å². The van der Waals surface area contributed by atoms with E-state index in [-0.39, 0.29) is 0 Å². The summed E-state index contributed by atoms with van der Waals surface area (Å²) in [5.74, 6) is 1.00. The molecule has 3 aliphatic rings. The molecule has 1 saturated heterocycles. The molecule has 1 heterocycles. The van der Waals surface area contributed by atoms with Crippen molar-refractivity contribution in [3.05, 3.63) is 0 Å². The quantitative estimate of drug-likeness (QED) is 0.745. The maximum Gasteiger partial charge on any atom is 0.0224 e. The second-order valence-electron chi connectivity index (χ2n) is 6.61. The van der Waals surface area contributed by atoms with Gasteiger partial charge < -0.3 is 5.32 Å². The first kappa shape index (κ1) is 10.1. The van der Waals surface area contributed by atoms with Gasteiger partial charge in [-0.3, -0.25) is 4.90 Å². The molecule has 0 amide bonds. The molecule has 0 aromatic rings. The molecule has 3 rings (SSSR count). The fraction of sp³-hybridized carbons (Fsp3) is 1.00. The van der Waals surface area contributed by atoms with Crippen LogP contribution in [0.3, 0.4) is 0 Å². The third-order valence-corrected chi connectivity index (χ3v) is 4.70. The number of rotatable bonds is 2. The van der Waals surface area contributed by atoms with Gasteiger partial charge in [0.25, 0.3) is 0 Å². The Morgan fingerprint density at radius 3 is 2.47 bits per heavy atom. The van der Waals surface area contributed by atoms with Gasteiger partial charge in [-0.25, -0.2) is 0 Å². The Bertz CT molecular complexity index is 257. The van der Waals surface area contributed by atoms with E-state index >= 15 is 0 Å². The van der Waals surface area contributed by atoms with Crippen LogP contribution in [0.5, 0.6) is 0 Å². The standard InChI is InChI=1S/C13H24N2/c1-9-7-14-11(10-4-5-10)8-15(9)12-6-13(12,2)3/h9-12,14H,4-8H2,1-3H3. The molecule has 86 valence electrons. The lowest BCUT2D eigenvalue weighted by Crippen LogP contribution is -2.57. The van der Waals surface area contributed by atoms with Gasteiger partial charge in [-0.15, -0.1) is 0 Å². The van der Waals surface area contributed by atoms with E-state index in [2.05, 4.69) is 31.0 Å². The van der Waals surface area contributed by atoms with Crippen molar-refractivity contribution < 1.29 is 0 Å². The highest BCUT2D eigenvalue weighted by atomic mass is 15.3. The fourth-order valence-corrected chi connectivity index (χ4v) is 3.17. The van der Waals surface area contributed by atoms with Gasteiger partial charge >= 0.3 is 0 Å².